The number of nitrogens with zero attached hydrogens (tertiary/aromatic N) is 1. The van der Waals surface area contributed by atoms with Gasteiger partial charge in [0.15, 0.2) is 0 Å². The third-order valence-electron chi connectivity index (χ3n) is 3.02. The number of hydrogen-bond donors (Lipinski definition) is 0. The van der Waals surface area contributed by atoms with Gasteiger partial charge in [0.2, 0.25) is 0 Å². The lowest BCUT2D eigenvalue weighted by atomic mass is 10.2. The van der Waals surface area contributed by atoms with Gasteiger partial charge in [0, 0.05) is 12.6 Å². The Morgan fingerprint density at radius 2 is 2.26 bits per heavy atom. The molecule has 102 valence electrons. The van der Waals surface area contributed by atoms with E-state index in [1.807, 2.05) is 0 Å². The number of carbonyl (C=O) groups excluding carboxylic acids is 2. The zero-order valence-electron chi connectivity index (χ0n) is 10.6. The monoisotopic (exact) mass is 265 g/mol. The van der Waals surface area contributed by atoms with Gasteiger partial charge in [-0.25, -0.2) is 9.59 Å². The summed E-state index contributed by atoms with van der Waals surface area (Å²) >= 11 is 0. The van der Waals surface area contributed by atoms with Crippen LogP contribution in [0, 0.1) is 0 Å². The third-order valence-corrected chi connectivity index (χ3v) is 3.02. The van der Waals surface area contributed by atoms with Gasteiger partial charge in [-0.2, -0.15) is 0 Å². The predicted molar refractivity (Wildman–Crippen MR) is 65.7 cm³/mol. The lowest BCUT2D eigenvalue weighted by Crippen LogP contribution is -2.41. The van der Waals surface area contributed by atoms with E-state index in [2.05, 4.69) is 4.42 Å². The minimum atomic E-state index is -0.542. The highest BCUT2D eigenvalue weighted by atomic mass is 16.5. The minimum Gasteiger partial charge on any atom is -0.464 e. The van der Waals surface area contributed by atoms with Crippen LogP contribution in [0.2, 0.25) is 0 Å². The fourth-order valence-corrected chi connectivity index (χ4v) is 2.14. The molecule has 2 rings (SSSR count). The van der Waals surface area contributed by atoms with E-state index in [1.165, 1.54) is 17.0 Å². The maximum Gasteiger partial charge on any atom is 0.335 e. The Kier molecular flexibility index (Phi) is 3.99. The number of hydrogen-bond acceptors (Lipinski definition) is 5. The van der Waals surface area contributed by atoms with Gasteiger partial charge in [0.1, 0.15) is 12.3 Å². The van der Waals surface area contributed by atoms with Crippen LogP contribution >= 0.6 is 0 Å². The van der Waals surface area contributed by atoms with E-state index < -0.39 is 11.7 Å². The molecular formula is C13H15NO5. The zero-order chi connectivity index (χ0) is 13.8. The SMILES string of the molecule is CCOC(=O)C1CCCN1C(=O)c1ccc(=O)oc1. The second-order valence-electron chi connectivity index (χ2n) is 4.25. The fourth-order valence-electron chi connectivity index (χ4n) is 2.14. The molecule has 1 aliphatic heterocycles. The molecule has 1 fully saturated rings. The molecule has 1 aromatic rings. The molecule has 1 aliphatic rings. The van der Waals surface area contributed by atoms with Gasteiger partial charge in [0.25, 0.3) is 5.91 Å². The van der Waals surface area contributed by atoms with E-state index in [0.29, 0.717) is 13.0 Å². The molecule has 0 bridgehead atoms. The Morgan fingerprint density at radius 1 is 1.47 bits per heavy atom. The van der Waals surface area contributed by atoms with Crippen molar-refractivity contribution in [1.29, 1.82) is 0 Å². The Morgan fingerprint density at radius 3 is 2.89 bits per heavy atom. The summed E-state index contributed by atoms with van der Waals surface area (Å²) in [6.07, 6.45) is 2.47. The van der Waals surface area contributed by atoms with Crippen molar-refractivity contribution < 1.29 is 18.7 Å². The normalized spacial score (nSPS) is 18.4. The Balaban J connectivity index is 2.15. The standard InChI is InChI=1S/C13H15NO5/c1-2-18-13(17)10-4-3-7-14(10)12(16)9-5-6-11(15)19-8-9/h5-6,8,10H,2-4,7H2,1H3. The van der Waals surface area contributed by atoms with E-state index in [-0.39, 0.29) is 24.0 Å². The van der Waals surface area contributed by atoms with Crippen LogP contribution in [0.5, 0.6) is 0 Å². The number of esters is 1. The van der Waals surface area contributed by atoms with Crippen molar-refractivity contribution in [2.75, 3.05) is 13.2 Å². The summed E-state index contributed by atoms with van der Waals surface area (Å²) in [6.45, 7) is 2.52. The van der Waals surface area contributed by atoms with E-state index in [1.54, 1.807) is 6.92 Å². The zero-order valence-corrected chi connectivity index (χ0v) is 10.6. The Bertz CT molecular complexity index is 516. The van der Waals surface area contributed by atoms with Crippen molar-refractivity contribution in [3.8, 4) is 0 Å². The van der Waals surface area contributed by atoms with Gasteiger partial charge < -0.3 is 14.1 Å². The molecule has 19 heavy (non-hydrogen) atoms. The van der Waals surface area contributed by atoms with E-state index in [9.17, 15) is 14.4 Å². The first kappa shape index (κ1) is 13.3. The second-order valence-corrected chi connectivity index (χ2v) is 4.25. The van der Waals surface area contributed by atoms with Crippen LogP contribution in [0.1, 0.15) is 30.1 Å². The third kappa shape index (κ3) is 2.83. The first-order valence-electron chi connectivity index (χ1n) is 6.20. The van der Waals surface area contributed by atoms with Gasteiger partial charge in [-0.15, -0.1) is 0 Å². The molecular weight excluding hydrogens is 250 g/mol. The molecule has 1 amide bonds. The minimum absolute atomic E-state index is 0.260. The van der Waals surface area contributed by atoms with Crippen LogP contribution in [-0.2, 0) is 9.53 Å². The predicted octanol–water partition coefficient (Wildman–Crippen LogP) is 0.807. The van der Waals surface area contributed by atoms with Crippen molar-refractivity contribution in [2.24, 2.45) is 0 Å². The lowest BCUT2D eigenvalue weighted by Gasteiger charge is -2.22. The summed E-state index contributed by atoms with van der Waals surface area (Å²) in [5.41, 5.74) is -0.254. The first-order chi connectivity index (χ1) is 9.13. The van der Waals surface area contributed by atoms with Crippen LogP contribution in [0.4, 0.5) is 0 Å². The first-order valence-corrected chi connectivity index (χ1v) is 6.20. The molecule has 6 heteroatoms. The molecule has 1 atom stereocenters. The number of amides is 1. The number of carbonyl (C=O) groups is 2. The average Bonchev–Trinajstić information content (AvgIpc) is 2.88. The van der Waals surface area contributed by atoms with Crippen molar-refractivity contribution in [3.63, 3.8) is 0 Å². The molecule has 0 radical (unpaired) electrons. The molecule has 0 spiro atoms. The Hall–Kier alpha value is -2.11. The highest BCUT2D eigenvalue weighted by Gasteiger charge is 2.35. The quantitative estimate of drug-likeness (QED) is 0.756. The van der Waals surface area contributed by atoms with Gasteiger partial charge in [-0.1, -0.05) is 0 Å². The summed E-state index contributed by atoms with van der Waals surface area (Å²) in [6, 6.07) is 2.04. The Labute approximate surface area is 110 Å². The van der Waals surface area contributed by atoms with Gasteiger partial charge in [-0.3, -0.25) is 4.79 Å². The summed E-state index contributed by atoms with van der Waals surface area (Å²) < 4.78 is 9.62. The smallest absolute Gasteiger partial charge is 0.335 e. The highest BCUT2D eigenvalue weighted by molar-refractivity contribution is 5.96. The molecule has 0 saturated carbocycles. The molecule has 0 aromatic carbocycles. The number of ether oxygens (including phenoxy) is 1. The molecule has 0 aliphatic carbocycles. The van der Waals surface area contributed by atoms with Crippen LogP contribution in [0.25, 0.3) is 0 Å². The van der Waals surface area contributed by atoms with Crippen molar-refractivity contribution >= 4 is 11.9 Å². The van der Waals surface area contributed by atoms with E-state index >= 15 is 0 Å². The second kappa shape index (κ2) is 5.69. The number of rotatable bonds is 3. The van der Waals surface area contributed by atoms with E-state index in [0.717, 1.165) is 12.7 Å². The van der Waals surface area contributed by atoms with E-state index in [4.69, 9.17) is 4.74 Å². The summed E-state index contributed by atoms with van der Waals surface area (Å²) in [5, 5.41) is 0. The maximum atomic E-state index is 12.2. The number of likely N-dealkylation sites (tertiary alicyclic amines) is 1. The topological polar surface area (TPSA) is 76.8 Å². The van der Waals surface area contributed by atoms with Crippen LogP contribution in [-0.4, -0.2) is 36.0 Å². The van der Waals surface area contributed by atoms with Gasteiger partial charge >= 0.3 is 11.6 Å². The molecule has 0 N–H and O–H groups in total. The van der Waals surface area contributed by atoms with Crippen molar-refractivity contribution in [2.45, 2.75) is 25.8 Å². The molecule has 2 heterocycles. The summed E-state index contributed by atoms with van der Waals surface area (Å²) in [7, 11) is 0. The van der Waals surface area contributed by atoms with Gasteiger partial charge in [0.05, 0.1) is 12.2 Å². The van der Waals surface area contributed by atoms with Crippen LogP contribution < -0.4 is 5.63 Å². The highest BCUT2D eigenvalue weighted by Crippen LogP contribution is 2.21. The molecule has 6 nitrogen and oxygen atoms in total. The van der Waals surface area contributed by atoms with Gasteiger partial charge in [-0.05, 0) is 25.8 Å². The molecule has 1 unspecified atom stereocenters. The molecule has 1 aromatic heterocycles. The fraction of sp³-hybridized carbons (Fsp3) is 0.462. The summed E-state index contributed by atoms with van der Waals surface area (Å²) in [4.78, 5) is 36.3. The average molecular weight is 265 g/mol. The van der Waals surface area contributed by atoms with Crippen molar-refractivity contribution in [3.05, 3.63) is 34.4 Å². The lowest BCUT2D eigenvalue weighted by molar-refractivity contribution is -0.147. The largest absolute Gasteiger partial charge is 0.464 e. The molecule has 1 saturated heterocycles. The summed E-state index contributed by atoms with van der Waals surface area (Å²) in [5.74, 6) is -0.704. The van der Waals surface area contributed by atoms with Crippen LogP contribution in [0.3, 0.4) is 0 Å². The van der Waals surface area contributed by atoms with Crippen LogP contribution in [0.15, 0.2) is 27.6 Å². The maximum absolute atomic E-state index is 12.2. The van der Waals surface area contributed by atoms with Crippen molar-refractivity contribution in [1.82, 2.24) is 4.90 Å².